The van der Waals surface area contributed by atoms with Gasteiger partial charge in [0.15, 0.2) is 5.60 Å². The summed E-state index contributed by atoms with van der Waals surface area (Å²) in [5.74, 6) is -0.0194. The molecule has 5 heteroatoms. The molecule has 1 aliphatic carbocycles. The average Bonchev–Trinajstić information content (AvgIpc) is 2.37. The van der Waals surface area contributed by atoms with E-state index in [4.69, 9.17) is 9.47 Å². The lowest BCUT2D eigenvalue weighted by Gasteiger charge is -2.37. The van der Waals surface area contributed by atoms with Crippen molar-refractivity contribution in [3.05, 3.63) is 0 Å². The Bertz CT molecular complexity index is 389. The lowest BCUT2D eigenvalue weighted by molar-refractivity contribution is -0.174. The lowest BCUT2D eigenvalue weighted by Crippen LogP contribution is -2.42. The smallest absolute Gasteiger partial charge is 0.338 e. The minimum atomic E-state index is -1.83. The molecule has 5 nitrogen and oxygen atoms in total. The van der Waals surface area contributed by atoms with Crippen molar-refractivity contribution in [1.29, 1.82) is 0 Å². The fourth-order valence-corrected chi connectivity index (χ4v) is 3.10. The first-order valence-electron chi connectivity index (χ1n) is 8.26. The van der Waals surface area contributed by atoms with E-state index in [-0.39, 0.29) is 19.1 Å². The molecule has 0 aromatic carbocycles. The topological polar surface area (TPSA) is 72.8 Å². The van der Waals surface area contributed by atoms with Gasteiger partial charge in [-0.05, 0) is 44.4 Å². The van der Waals surface area contributed by atoms with Crippen LogP contribution in [0.5, 0.6) is 0 Å². The van der Waals surface area contributed by atoms with E-state index in [1.807, 2.05) is 0 Å². The summed E-state index contributed by atoms with van der Waals surface area (Å²) in [6.07, 6.45) is 2.54. The van der Waals surface area contributed by atoms with E-state index in [1.54, 1.807) is 6.92 Å². The molecule has 0 radical (unpaired) electrons. The molecule has 0 aliphatic heterocycles. The van der Waals surface area contributed by atoms with Crippen molar-refractivity contribution >= 4 is 11.9 Å². The zero-order chi connectivity index (χ0) is 16.9. The molecule has 1 unspecified atom stereocenters. The molecule has 1 rings (SSSR count). The first kappa shape index (κ1) is 18.9. The van der Waals surface area contributed by atoms with E-state index in [1.165, 1.54) is 6.92 Å². The van der Waals surface area contributed by atoms with Gasteiger partial charge in [-0.1, -0.05) is 27.2 Å². The van der Waals surface area contributed by atoms with E-state index in [0.29, 0.717) is 17.8 Å². The third-order valence-electron chi connectivity index (χ3n) is 4.45. The van der Waals surface area contributed by atoms with Crippen LogP contribution >= 0.6 is 0 Å². The predicted octanol–water partition coefficient (Wildman–Crippen LogP) is 2.69. The number of hydrogen-bond acceptors (Lipinski definition) is 5. The highest BCUT2D eigenvalue weighted by atomic mass is 16.6. The van der Waals surface area contributed by atoms with Crippen molar-refractivity contribution in [2.75, 3.05) is 6.61 Å². The second-order valence-corrected chi connectivity index (χ2v) is 7.03. The molecule has 1 aliphatic rings. The highest BCUT2D eigenvalue weighted by molar-refractivity contribution is 5.85. The molecule has 1 saturated carbocycles. The van der Waals surface area contributed by atoms with Gasteiger partial charge >= 0.3 is 11.9 Å². The van der Waals surface area contributed by atoms with Crippen LogP contribution in [0.3, 0.4) is 0 Å². The van der Waals surface area contributed by atoms with E-state index >= 15 is 0 Å². The van der Waals surface area contributed by atoms with E-state index in [2.05, 4.69) is 20.8 Å². The molecular weight excluding hydrogens is 284 g/mol. The van der Waals surface area contributed by atoms with Crippen LogP contribution in [0.4, 0.5) is 0 Å². The first-order valence-corrected chi connectivity index (χ1v) is 8.26. The number of hydrogen-bond donors (Lipinski definition) is 1. The number of aliphatic hydroxyl groups is 1. The van der Waals surface area contributed by atoms with Gasteiger partial charge in [-0.3, -0.25) is 4.79 Å². The predicted molar refractivity (Wildman–Crippen MR) is 83.1 cm³/mol. The van der Waals surface area contributed by atoms with Gasteiger partial charge in [0.2, 0.25) is 0 Å². The average molecular weight is 314 g/mol. The van der Waals surface area contributed by atoms with Crippen molar-refractivity contribution < 1.29 is 24.2 Å². The number of rotatable bonds is 6. The van der Waals surface area contributed by atoms with Crippen LogP contribution in [0, 0.1) is 17.8 Å². The Balaban J connectivity index is 2.63. The number of esters is 2. The summed E-state index contributed by atoms with van der Waals surface area (Å²) in [6, 6.07) is 0. The van der Waals surface area contributed by atoms with Crippen LogP contribution in [0.1, 0.15) is 60.3 Å². The highest BCUT2D eigenvalue weighted by Gasteiger charge is 2.38. The van der Waals surface area contributed by atoms with Crippen molar-refractivity contribution in [3.8, 4) is 0 Å². The second-order valence-electron chi connectivity index (χ2n) is 7.03. The lowest BCUT2D eigenvalue weighted by atomic mass is 9.75. The Morgan fingerprint density at radius 2 is 1.95 bits per heavy atom. The van der Waals surface area contributed by atoms with Crippen LogP contribution in [0.25, 0.3) is 0 Å². The summed E-state index contributed by atoms with van der Waals surface area (Å²) in [6.45, 7) is 9.54. The SMILES string of the molecule is CCOC(=O)C(C)(O)CC(=O)O[C@H]1C[C@@H](C)CC[C@@H]1C(C)C. The maximum absolute atomic E-state index is 12.1. The number of ether oxygens (including phenoxy) is 2. The van der Waals surface area contributed by atoms with Gasteiger partial charge in [0.1, 0.15) is 6.10 Å². The third kappa shape index (κ3) is 5.27. The molecule has 128 valence electrons. The first-order chi connectivity index (χ1) is 10.2. The molecule has 1 fully saturated rings. The molecule has 22 heavy (non-hydrogen) atoms. The summed E-state index contributed by atoms with van der Waals surface area (Å²) in [4.78, 5) is 23.8. The molecule has 0 heterocycles. The maximum Gasteiger partial charge on any atom is 0.338 e. The molecule has 0 amide bonds. The van der Waals surface area contributed by atoms with Gasteiger partial charge in [-0.15, -0.1) is 0 Å². The number of carbonyl (C=O) groups excluding carboxylic acids is 2. The molecule has 0 aromatic rings. The largest absolute Gasteiger partial charge is 0.464 e. The van der Waals surface area contributed by atoms with Crippen molar-refractivity contribution in [1.82, 2.24) is 0 Å². The quantitative estimate of drug-likeness (QED) is 0.763. The van der Waals surface area contributed by atoms with Gasteiger partial charge in [0.25, 0.3) is 0 Å². The molecule has 4 atom stereocenters. The van der Waals surface area contributed by atoms with Gasteiger partial charge in [-0.25, -0.2) is 4.79 Å². The normalized spacial score (nSPS) is 28.0. The zero-order valence-corrected chi connectivity index (χ0v) is 14.4. The summed E-state index contributed by atoms with van der Waals surface area (Å²) in [5.41, 5.74) is -1.83. The summed E-state index contributed by atoms with van der Waals surface area (Å²) in [5, 5.41) is 10.1. The standard InChI is InChI=1S/C17H30O5/c1-6-21-16(19)17(5,20)10-15(18)22-14-9-12(4)7-8-13(14)11(2)3/h11-14,20H,6-10H2,1-5H3/t12-,13+,14-,17?/m0/s1. The van der Waals surface area contributed by atoms with E-state index < -0.39 is 17.5 Å². The fraction of sp³-hybridized carbons (Fsp3) is 0.882. The van der Waals surface area contributed by atoms with Crippen LogP contribution in [-0.4, -0.2) is 35.4 Å². The maximum atomic E-state index is 12.1. The zero-order valence-electron chi connectivity index (χ0n) is 14.4. The fourth-order valence-electron chi connectivity index (χ4n) is 3.10. The highest BCUT2D eigenvalue weighted by Crippen LogP contribution is 2.35. The van der Waals surface area contributed by atoms with Crippen LogP contribution < -0.4 is 0 Å². The van der Waals surface area contributed by atoms with Crippen molar-refractivity contribution in [2.45, 2.75) is 72.0 Å². The van der Waals surface area contributed by atoms with Crippen LogP contribution in [0.15, 0.2) is 0 Å². The van der Waals surface area contributed by atoms with Gasteiger partial charge in [0.05, 0.1) is 13.0 Å². The summed E-state index contributed by atoms with van der Waals surface area (Å²) in [7, 11) is 0. The molecule has 1 N–H and O–H groups in total. The minimum absolute atomic E-state index is 0.130. The molecule has 0 aromatic heterocycles. The summed E-state index contributed by atoms with van der Waals surface area (Å²) < 4.78 is 10.4. The van der Waals surface area contributed by atoms with Gasteiger partial charge in [-0.2, -0.15) is 0 Å². The second kappa shape index (κ2) is 7.95. The Hall–Kier alpha value is -1.10. The molecule has 0 spiro atoms. The number of carbonyl (C=O) groups is 2. The molecular formula is C17H30O5. The van der Waals surface area contributed by atoms with Gasteiger partial charge < -0.3 is 14.6 Å². The van der Waals surface area contributed by atoms with Crippen molar-refractivity contribution in [2.24, 2.45) is 17.8 Å². The molecule has 0 saturated heterocycles. The van der Waals surface area contributed by atoms with Gasteiger partial charge in [0, 0.05) is 0 Å². The Morgan fingerprint density at radius 3 is 2.50 bits per heavy atom. The summed E-state index contributed by atoms with van der Waals surface area (Å²) >= 11 is 0. The van der Waals surface area contributed by atoms with Crippen LogP contribution in [0.2, 0.25) is 0 Å². The Labute approximate surface area is 133 Å². The Morgan fingerprint density at radius 1 is 1.32 bits per heavy atom. The van der Waals surface area contributed by atoms with E-state index in [0.717, 1.165) is 19.3 Å². The Kier molecular flexibility index (Phi) is 6.85. The van der Waals surface area contributed by atoms with Crippen molar-refractivity contribution in [3.63, 3.8) is 0 Å². The van der Waals surface area contributed by atoms with E-state index in [9.17, 15) is 14.7 Å². The minimum Gasteiger partial charge on any atom is -0.464 e. The molecule has 0 bridgehead atoms. The van der Waals surface area contributed by atoms with Crippen LogP contribution in [-0.2, 0) is 19.1 Å². The monoisotopic (exact) mass is 314 g/mol. The third-order valence-corrected chi connectivity index (χ3v) is 4.45.